The molecule has 1 unspecified atom stereocenters. The predicted octanol–water partition coefficient (Wildman–Crippen LogP) is 4.91. The molecule has 1 aliphatic rings. The Hall–Kier alpha value is -3.52. The van der Waals surface area contributed by atoms with Crippen molar-refractivity contribution in [3.63, 3.8) is 0 Å². The van der Waals surface area contributed by atoms with Crippen LogP contribution in [0, 0.1) is 5.82 Å². The van der Waals surface area contributed by atoms with Crippen molar-refractivity contribution >= 4 is 52.1 Å². The van der Waals surface area contributed by atoms with Crippen LogP contribution < -0.4 is 20.9 Å². The molecule has 0 fully saturated rings. The Bertz CT molecular complexity index is 1690. The van der Waals surface area contributed by atoms with E-state index in [2.05, 4.69) is 19.9 Å². The van der Waals surface area contributed by atoms with E-state index in [1.165, 1.54) is 67.2 Å². The Morgan fingerprint density at radius 3 is 2.59 bits per heavy atom. The smallest absolute Gasteiger partial charge is 0.348 e. The maximum absolute atomic E-state index is 13.8. The zero-order chi connectivity index (χ0) is 27.9. The first-order valence-corrected chi connectivity index (χ1v) is 15.7. The van der Waals surface area contributed by atoms with Gasteiger partial charge in [0.2, 0.25) is 0 Å². The van der Waals surface area contributed by atoms with E-state index in [1.54, 1.807) is 16.8 Å². The van der Waals surface area contributed by atoms with Gasteiger partial charge in [-0.1, -0.05) is 12.1 Å². The van der Waals surface area contributed by atoms with Crippen LogP contribution in [0.25, 0.3) is 11.3 Å². The molecule has 0 saturated carbocycles. The zero-order valence-corrected chi connectivity index (χ0v) is 23.1. The fourth-order valence-electron chi connectivity index (χ4n) is 3.99. The summed E-state index contributed by atoms with van der Waals surface area (Å²) in [7, 11) is -5.91. The standard InChI is InChI=1S/C24H23FN5O6PS2/c1-36-37(33)19-11-17(29-39(2,34)35)7-8-18(19)26-23(28-37)20-22(31)21(15-9-10-38-13-15)27-30(24(20)32)12-14-3-5-16(25)6-4-14/h3-11,13,29,31,34-35H,12H2,1-2H3,(H,26,28,33). The van der Waals surface area contributed by atoms with Crippen molar-refractivity contribution in [2.75, 3.05) is 23.4 Å². The minimum atomic E-state index is -3.99. The molecular weight excluding hydrogens is 568 g/mol. The lowest BCUT2D eigenvalue weighted by atomic mass is 10.1. The first-order valence-electron chi connectivity index (χ1n) is 11.3. The van der Waals surface area contributed by atoms with Gasteiger partial charge in [0.15, 0.2) is 11.6 Å². The number of anilines is 2. The maximum Gasteiger partial charge on any atom is 0.348 e. The number of hydrogen-bond donors (Lipinski definition) is 5. The van der Waals surface area contributed by atoms with Crippen LogP contribution in [0.3, 0.4) is 0 Å². The quantitative estimate of drug-likeness (QED) is 0.188. The Labute approximate surface area is 227 Å². The minimum absolute atomic E-state index is 0.0339. The zero-order valence-electron chi connectivity index (χ0n) is 20.5. The summed E-state index contributed by atoms with van der Waals surface area (Å²) in [6, 6.07) is 11.7. The molecule has 0 spiro atoms. The van der Waals surface area contributed by atoms with E-state index in [1.807, 2.05) is 0 Å². The maximum atomic E-state index is 13.8. The van der Waals surface area contributed by atoms with Crippen molar-refractivity contribution in [2.24, 2.45) is 4.76 Å². The van der Waals surface area contributed by atoms with Crippen molar-refractivity contribution in [2.45, 2.75) is 6.54 Å². The van der Waals surface area contributed by atoms with Gasteiger partial charge in [-0.2, -0.15) is 21.2 Å². The normalized spacial score (nSPS) is 17.2. The number of aromatic nitrogens is 2. The molecule has 0 aliphatic carbocycles. The van der Waals surface area contributed by atoms with E-state index in [9.17, 15) is 28.0 Å². The molecule has 0 saturated heterocycles. The summed E-state index contributed by atoms with van der Waals surface area (Å²) in [6.07, 6.45) is 1.20. The Morgan fingerprint density at radius 2 is 1.95 bits per heavy atom. The summed E-state index contributed by atoms with van der Waals surface area (Å²) in [5, 5.41) is 22.2. The van der Waals surface area contributed by atoms with Crippen LogP contribution in [-0.2, 0) is 15.6 Å². The third-order valence-electron chi connectivity index (χ3n) is 5.75. The Kier molecular flexibility index (Phi) is 7.10. The molecule has 1 aliphatic heterocycles. The second-order valence-electron chi connectivity index (χ2n) is 8.62. The van der Waals surface area contributed by atoms with Crippen molar-refractivity contribution in [1.29, 1.82) is 0 Å². The van der Waals surface area contributed by atoms with Crippen molar-refractivity contribution in [3.8, 4) is 17.0 Å². The minimum Gasteiger partial charge on any atom is -0.505 e. The average molecular weight is 592 g/mol. The molecule has 0 amide bonds. The Morgan fingerprint density at radius 1 is 1.21 bits per heavy atom. The lowest BCUT2D eigenvalue weighted by molar-refractivity contribution is 0.404. The molecule has 2 aromatic carbocycles. The highest BCUT2D eigenvalue weighted by atomic mass is 32.3. The molecule has 3 heterocycles. The lowest BCUT2D eigenvalue weighted by Gasteiger charge is -2.30. The topological polar surface area (TPSA) is 158 Å². The number of nitrogens with zero attached hydrogens (tertiary/aromatic N) is 3. The third-order valence-corrected chi connectivity index (χ3v) is 9.00. The first kappa shape index (κ1) is 27.1. The van der Waals surface area contributed by atoms with Gasteiger partial charge in [0, 0.05) is 24.3 Å². The van der Waals surface area contributed by atoms with Crippen LogP contribution in [0.2, 0.25) is 0 Å². The number of fused-ring (bicyclic) bond motifs is 1. The third kappa shape index (κ3) is 5.48. The van der Waals surface area contributed by atoms with Crippen LogP contribution >= 0.6 is 29.6 Å². The summed E-state index contributed by atoms with van der Waals surface area (Å²) in [4.78, 5) is 13.7. The highest BCUT2D eigenvalue weighted by molar-refractivity contribution is 8.24. The molecule has 1 atom stereocenters. The number of thiophene rings is 1. The van der Waals surface area contributed by atoms with Crippen molar-refractivity contribution in [3.05, 3.63) is 86.6 Å². The largest absolute Gasteiger partial charge is 0.505 e. The van der Waals surface area contributed by atoms with Gasteiger partial charge in [0.1, 0.15) is 17.1 Å². The van der Waals surface area contributed by atoms with Gasteiger partial charge in [0.05, 0.1) is 23.2 Å². The van der Waals surface area contributed by atoms with Gasteiger partial charge in [-0.3, -0.25) is 23.2 Å². The molecule has 5 rings (SSSR count). The van der Waals surface area contributed by atoms with Crippen LogP contribution in [0.15, 0.2) is 68.8 Å². The number of amidine groups is 1. The number of hydrogen-bond acceptors (Lipinski definition) is 10. The molecule has 0 radical (unpaired) electrons. The van der Waals surface area contributed by atoms with E-state index in [0.29, 0.717) is 11.1 Å². The first-order chi connectivity index (χ1) is 18.5. The average Bonchev–Trinajstić information content (AvgIpc) is 3.41. The predicted molar refractivity (Wildman–Crippen MR) is 152 cm³/mol. The van der Waals surface area contributed by atoms with Crippen LogP contribution in [-0.4, -0.2) is 43.2 Å². The van der Waals surface area contributed by atoms with Crippen molar-refractivity contribution < 1.29 is 27.7 Å². The molecule has 39 heavy (non-hydrogen) atoms. The highest BCUT2D eigenvalue weighted by Crippen LogP contribution is 2.52. The fourth-order valence-corrected chi connectivity index (χ4v) is 6.74. The van der Waals surface area contributed by atoms with Gasteiger partial charge >= 0.3 is 7.52 Å². The molecule has 5 N–H and O–H groups in total. The van der Waals surface area contributed by atoms with Crippen LogP contribution in [0.1, 0.15) is 11.1 Å². The fraction of sp³-hybridized carbons (Fsp3) is 0.125. The summed E-state index contributed by atoms with van der Waals surface area (Å²) in [5.41, 5.74) is 0.777. The number of benzene rings is 2. The van der Waals surface area contributed by atoms with Crippen LogP contribution in [0.4, 0.5) is 15.8 Å². The second kappa shape index (κ2) is 10.2. The summed E-state index contributed by atoms with van der Waals surface area (Å²) in [5.74, 6) is -1.09. The molecule has 2 aromatic heterocycles. The molecule has 4 aromatic rings. The number of nitrogens with one attached hydrogen (secondary N) is 2. The lowest BCUT2D eigenvalue weighted by Crippen LogP contribution is -2.35. The van der Waals surface area contributed by atoms with Crippen LogP contribution in [0.5, 0.6) is 5.75 Å². The second-order valence-corrected chi connectivity index (χ2v) is 13.4. The van der Waals surface area contributed by atoms with E-state index in [0.717, 1.165) is 4.68 Å². The van der Waals surface area contributed by atoms with Gasteiger partial charge in [0.25, 0.3) is 5.56 Å². The van der Waals surface area contributed by atoms with Gasteiger partial charge in [-0.15, -0.1) is 10.8 Å². The van der Waals surface area contributed by atoms with Gasteiger partial charge in [-0.05, 0) is 47.3 Å². The molecule has 11 nitrogen and oxygen atoms in total. The molecule has 15 heteroatoms. The number of rotatable bonds is 7. The summed E-state index contributed by atoms with van der Waals surface area (Å²) >= 11 is 1.37. The molecule has 0 bridgehead atoms. The van der Waals surface area contributed by atoms with E-state index in [-0.39, 0.29) is 40.3 Å². The molecular formula is C24H23FN5O6PS2. The summed E-state index contributed by atoms with van der Waals surface area (Å²) in [6.45, 7) is -0.0339. The monoisotopic (exact) mass is 591 g/mol. The summed E-state index contributed by atoms with van der Waals surface area (Å²) < 4.78 is 60.0. The van der Waals surface area contributed by atoms with E-state index >= 15 is 0 Å². The molecule has 204 valence electrons. The van der Waals surface area contributed by atoms with E-state index in [4.69, 9.17) is 4.52 Å². The number of aromatic hydroxyl groups is 1. The Balaban J connectivity index is 1.66. The highest BCUT2D eigenvalue weighted by Gasteiger charge is 2.36. The van der Waals surface area contributed by atoms with Crippen molar-refractivity contribution in [1.82, 2.24) is 9.78 Å². The van der Waals surface area contributed by atoms with Gasteiger partial charge < -0.3 is 14.9 Å². The SMILES string of the molecule is COP1(=O)N=C(c2c(O)c(-c3ccsc3)nn(Cc3ccc(F)cc3)c2=O)Nc2ccc(NS(C)(O)O)cc21. The van der Waals surface area contributed by atoms with E-state index < -0.39 is 35.4 Å². The van der Waals surface area contributed by atoms with Gasteiger partial charge in [-0.25, -0.2) is 9.07 Å². The number of halogens is 1.